The Labute approximate surface area is 305 Å². The van der Waals surface area contributed by atoms with Crippen molar-refractivity contribution in [1.29, 1.82) is 0 Å². The van der Waals surface area contributed by atoms with Crippen molar-refractivity contribution in [3.8, 4) is 11.8 Å². The highest BCUT2D eigenvalue weighted by Crippen LogP contribution is 2.37. The van der Waals surface area contributed by atoms with E-state index in [1.165, 1.54) is 5.39 Å². The minimum Gasteiger partial charge on any atom is -0.489 e. The number of amides is 1. The number of carbonyl (C=O) groups excluding carboxylic acids is 1. The summed E-state index contributed by atoms with van der Waals surface area (Å²) in [5.41, 5.74) is 5.36. The molecule has 3 aliphatic heterocycles. The van der Waals surface area contributed by atoms with Gasteiger partial charge in [0.25, 0.3) is 0 Å². The van der Waals surface area contributed by atoms with Crippen LogP contribution in [0.5, 0.6) is 11.8 Å². The Balaban J connectivity index is 1.04. The molecular formula is C42H46N6O4. The Morgan fingerprint density at radius 1 is 0.846 bits per heavy atom. The second-order valence-corrected chi connectivity index (χ2v) is 13.9. The third-order valence-electron chi connectivity index (χ3n) is 10.4. The van der Waals surface area contributed by atoms with E-state index in [1.807, 2.05) is 48.5 Å². The lowest BCUT2D eigenvalue weighted by Gasteiger charge is -2.38. The number of ether oxygens (including phenoxy) is 3. The number of fused-ring (bicyclic) bond motifs is 2. The average molecular weight is 699 g/mol. The summed E-state index contributed by atoms with van der Waals surface area (Å²) in [6.45, 7) is 7.72. The number of nitrogens with one attached hydrogen (secondary N) is 1. The number of benzene rings is 4. The number of anilines is 2. The molecule has 10 nitrogen and oxygen atoms in total. The molecule has 0 unspecified atom stereocenters. The van der Waals surface area contributed by atoms with Gasteiger partial charge in [0.1, 0.15) is 30.9 Å². The first kappa shape index (κ1) is 33.8. The number of hydrogen-bond donors (Lipinski definition) is 1. The lowest BCUT2D eigenvalue weighted by molar-refractivity contribution is 0.0940. The molecular weight excluding hydrogens is 652 g/mol. The monoisotopic (exact) mass is 698 g/mol. The van der Waals surface area contributed by atoms with Gasteiger partial charge in [-0.05, 0) is 55.3 Å². The average Bonchev–Trinajstić information content (AvgIpc) is 3.75. The topological polar surface area (TPSA) is 92.3 Å². The molecule has 2 saturated heterocycles. The maximum Gasteiger partial charge on any atom is 0.410 e. The zero-order chi connectivity index (χ0) is 35.3. The molecule has 0 aliphatic carbocycles. The Hall–Kier alpha value is -5.35. The van der Waals surface area contributed by atoms with Crippen molar-refractivity contribution in [3.63, 3.8) is 0 Å². The Morgan fingerprint density at radius 3 is 2.33 bits per heavy atom. The van der Waals surface area contributed by atoms with Crippen LogP contribution >= 0.6 is 0 Å². The SMILES string of the molecule is C[C@@H](Oc1nc2c(c(N3CCN(C(=O)OCc4ccccc4)CC3)n1)CCN(c1cc(OCc3ccccc3)cc3ccccc13)C2)[C@H]1CCCN1. The van der Waals surface area contributed by atoms with E-state index in [2.05, 4.69) is 70.6 Å². The second-order valence-electron chi connectivity index (χ2n) is 13.9. The Bertz CT molecular complexity index is 1980. The summed E-state index contributed by atoms with van der Waals surface area (Å²) in [7, 11) is 0. The van der Waals surface area contributed by atoms with Gasteiger partial charge in [-0.25, -0.2) is 4.79 Å². The van der Waals surface area contributed by atoms with Crippen LogP contribution in [0.25, 0.3) is 10.8 Å². The van der Waals surface area contributed by atoms with Crippen LogP contribution in [0.15, 0.2) is 97.1 Å². The molecule has 10 heteroatoms. The number of nitrogens with zero attached hydrogens (tertiary/aromatic N) is 5. The van der Waals surface area contributed by atoms with E-state index in [0.29, 0.717) is 45.3 Å². The highest BCUT2D eigenvalue weighted by molar-refractivity contribution is 5.96. The smallest absolute Gasteiger partial charge is 0.410 e. The Kier molecular flexibility index (Phi) is 10.1. The van der Waals surface area contributed by atoms with Crippen molar-refractivity contribution in [2.75, 3.05) is 49.1 Å². The van der Waals surface area contributed by atoms with Crippen molar-refractivity contribution in [2.45, 2.75) is 58.1 Å². The summed E-state index contributed by atoms with van der Waals surface area (Å²) < 4.78 is 18.5. The third-order valence-corrected chi connectivity index (χ3v) is 10.4. The lowest BCUT2D eigenvalue weighted by Crippen LogP contribution is -2.49. The molecule has 4 aromatic carbocycles. The minimum absolute atomic E-state index is 0.0632. The number of rotatable bonds is 10. The first-order valence-electron chi connectivity index (χ1n) is 18.5. The Morgan fingerprint density at radius 2 is 1.58 bits per heavy atom. The third kappa shape index (κ3) is 7.62. The molecule has 0 bridgehead atoms. The number of carbonyl (C=O) groups is 1. The van der Waals surface area contributed by atoms with Crippen LogP contribution in [-0.2, 0) is 30.9 Å². The summed E-state index contributed by atoms with van der Waals surface area (Å²) in [6.07, 6.45) is 2.65. The molecule has 1 amide bonds. The van der Waals surface area contributed by atoms with Crippen LogP contribution in [0.1, 0.15) is 42.1 Å². The number of piperazine rings is 1. The van der Waals surface area contributed by atoms with Crippen LogP contribution in [0.3, 0.4) is 0 Å². The van der Waals surface area contributed by atoms with Crippen molar-refractivity contribution in [1.82, 2.24) is 20.2 Å². The van der Waals surface area contributed by atoms with Crippen molar-refractivity contribution < 1.29 is 19.0 Å². The van der Waals surface area contributed by atoms with E-state index in [4.69, 9.17) is 24.2 Å². The van der Waals surface area contributed by atoms with Crippen LogP contribution in [0.4, 0.5) is 16.3 Å². The predicted octanol–water partition coefficient (Wildman–Crippen LogP) is 6.75. The molecule has 1 aromatic heterocycles. The second kappa shape index (κ2) is 15.5. The molecule has 2 fully saturated rings. The van der Waals surface area contributed by atoms with Gasteiger partial charge in [0, 0.05) is 61.5 Å². The fourth-order valence-corrected chi connectivity index (χ4v) is 7.53. The molecule has 4 heterocycles. The molecule has 2 atom stereocenters. The molecule has 268 valence electrons. The van der Waals surface area contributed by atoms with Crippen LogP contribution in [0, 0.1) is 0 Å². The maximum absolute atomic E-state index is 13.0. The first-order chi connectivity index (χ1) is 25.6. The van der Waals surface area contributed by atoms with Crippen LogP contribution in [-0.4, -0.2) is 72.4 Å². The zero-order valence-electron chi connectivity index (χ0n) is 29.7. The molecule has 52 heavy (non-hydrogen) atoms. The molecule has 1 N–H and O–H groups in total. The highest BCUT2D eigenvalue weighted by atomic mass is 16.6. The van der Waals surface area contributed by atoms with Crippen molar-refractivity contribution in [3.05, 3.63) is 119 Å². The van der Waals surface area contributed by atoms with Crippen LogP contribution in [0.2, 0.25) is 0 Å². The van der Waals surface area contributed by atoms with E-state index in [0.717, 1.165) is 77.4 Å². The van der Waals surface area contributed by atoms with Gasteiger partial charge in [-0.2, -0.15) is 9.97 Å². The van der Waals surface area contributed by atoms with Crippen LogP contribution < -0.4 is 24.6 Å². The van der Waals surface area contributed by atoms with Gasteiger partial charge in [-0.15, -0.1) is 0 Å². The maximum atomic E-state index is 13.0. The first-order valence-corrected chi connectivity index (χ1v) is 18.5. The highest BCUT2D eigenvalue weighted by Gasteiger charge is 2.31. The fraction of sp³-hybridized carbons (Fsp3) is 0.357. The van der Waals surface area contributed by atoms with E-state index in [1.54, 1.807) is 4.90 Å². The normalized spacial score (nSPS) is 17.9. The quantitative estimate of drug-likeness (QED) is 0.170. The van der Waals surface area contributed by atoms with Gasteiger partial charge in [-0.1, -0.05) is 84.9 Å². The van der Waals surface area contributed by atoms with Gasteiger partial charge in [0.2, 0.25) is 0 Å². The largest absolute Gasteiger partial charge is 0.489 e. The standard InChI is InChI=1S/C42H46N6O4/c1-30(37-17-10-19-43-37)52-41-44-38-27-48(39-26-34(25-33-15-8-9-16-35(33)39)50-28-31-11-4-2-5-12-31)20-18-36(38)40(45-41)46-21-23-47(24-22-46)42(49)51-29-32-13-6-3-7-14-32/h2-9,11-16,25-26,30,37,43H,10,17-24,27-29H2,1H3/t30-,37-/m1/s1. The van der Waals surface area contributed by atoms with Gasteiger partial charge in [0.05, 0.1) is 12.2 Å². The van der Waals surface area contributed by atoms with E-state index in [9.17, 15) is 4.79 Å². The van der Waals surface area contributed by atoms with Gasteiger partial charge in [-0.3, -0.25) is 0 Å². The van der Waals surface area contributed by atoms with Gasteiger partial charge in [0.15, 0.2) is 0 Å². The molecule has 0 saturated carbocycles. The summed E-state index contributed by atoms with van der Waals surface area (Å²) in [6, 6.07) is 33.5. The fourth-order valence-electron chi connectivity index (χ4n) is 7.53. The van der Waals surface area contributed by atoms with E-state index >= 15 is 0 Å². The summed E-state index contributed by atoms with van der Waals surface area (Å²) in [5.74, 6) is 1.75. The number of aromatic nitrogens is 2. The minimum atomic E-state index is -0.284. The van der Waals surface area contributed by atoms with Gasteiger partial charge < -0.3 is 34.2 Å². The molecule has 0 spiro atoms. The summed E-state index contributed by atoms with van der Waals surface area (Å²) >= 11 is 0. The molecule has 0 radical (unpaired) electrons. The summed E-state index contributed by atoms with van der Waals surface area (Å²) in [4.78, 5) is 29.6. The lowest BCUT2D eigenvalue weighted by atomic mass is 10.0. The number of hydrogen-bond acceptors (Lipinski definition) is 9. The van der Waals surface area contributed by atoms with Crippen molar-refractivity contribution in [2.24, 2.45) is 0 Å². The predicted molar refractivity (Wildman–Crippen MR) is 203 cm³/mol. The molecule has 8 rings (SSSR count). The zero-order valence-corrected chi connectivity index (χ0v) is 29.7. The summed E-state index contributed by atoms with van der Waals surface area (Å²) in [5, 5.41) is 5.88. The molecule has 5 aromatic rings. The van der Waals surface area contributed by atoms with Crippen molar-refractivity contribution >= 4 is 28.4 Å². The molecule has 3 aliphatic rings. The van der Waals surface area contributed by atoms with E-state index < -0.39 is 0 Å². The van der Waals surface area contributed by atoms with Gasteiger partial charge >= 0.3 is 12.1 Å². The van der Waals surface area contributed by atoms with E-state index in [-0.39, 0.29) is 24.8 Å².